The highest BCUT2D eigenvalue weighted by atomic mass is 16.2. The van der Waals surface area contributed by atoms with Crippen LogP contribution >= 0.6 is 0 Å². The zero-order valence-electron chi connectivity index (χ0n) is 22.5. The normalized spacial score (nSPS) is 23.8. The molecule has 190 valence electrons. The summed E-state index contributed by atoms with van der Waals surface area (Å²) in [5.74, 6) is 0.0820. The Morgan fingerprint density at radius 3 is 1.35 bits per heavy atom. The molecule has 0 aliphatic carbocycles. The van der Waals surface area contributed by atoms with Crippen LogP contribution < -0.4 is 21.3 Å². The first-order valence-electron chi connectivity index (χ1n) is 12.8. The van der Waals surface area contributed by atoms with Gasteiger partial charge in [0.25, 0.3) is 0 Å². The number of hydrogen-bond donors (Lipinski definition) is 4. The molecule has 2 aliphatic heterocycles. The van der Waals surface area contributed by atoms with Gasteiger partial charge in [0.1, 0.15) is 0 Å². The van der Waals surface area contributed by atoms with Crippen LogP contribution in [0, 0.1) is 0 Å². The Kier molecular flexibility index (Phi) is 7.55. The Morgan fingerprint density at radius 1 is 0.706 bits per heavy atom. The largest absolute Gasteiger partial charge is 0.353 e. The summed E-state index contributed by atoms with van der Waals surface area (Å²) < 4.78 is 0. The number of piperidine rings is 2. The third-order valence-corrected chi connectivity index (χ3v) is 6.83. The summed E-state index contributed by atoms with van der Waals surface area (Å²) in [6, 6.07) is 8.19. The van der Waals surface area contributed by atoms with E-state index in [9.17, 15) is 9.59 Å². The number of benzene rings is 1. The van der Waals surface area contributed by atoms with Crippen molar-refractivity contribution in [2.75, 3.05) is 0 Å². The summed E-state index contributed by atoms with van der Waals surface area (Å²) in [6.45, 7) is 17.5. The summed E-state index contributed by atoms with van der Waals surface area (Å²) in [4.78, 5) is 25.6. The molecule has 1 aromatic carbocycles. The number of hydrogen-bond acceptors (Lipinski definition) is 4. The van der Waals surface area contributed by atoms with Gasteiger partial charge in [-0.25, -0.2) is 0 Å². The molecule has 0 saturated carbocycles. The average Bonchev–Trinajstić information content (AvgIpc) is 2.55. The van der Waals surface area contributed by atoms with Gasteiger partial charge in [0.2, 0.25) is 11.8 Å². The van der Waals surface area contributed by atoms with E-state index in [1.54, 1.807) is 0 Å². The van der Waals surface area contributed by atoms with Crippen LogP contribution in [-0.2, 0) is 22.4 Å². The lowest BCUT2D eigenvalue weighted by molar-refractivity contribution is -0.122. The van der Waals surface area contributed by atoms with Gasteiger partial charge in [-0.15, -0.1) is 0 Å². The van der Waals surface area contributed by atoms with Crippen molar-refractivity contribution in [1.82, 2.24) is 21.3 Å². The summed E-state index contributed by atoms with van der Waals surface area (Å²) in [5.41, 5.74) is 1.86. The smallest absolute Gasteiger partial charge is 0.224 e. The zero-order chi connectivity index (χ0) is 25.4. The molecule has 6 nitrogen and oxygen atoms in total. The van der Waals surface area contributed by atoms with Crippen molar-refractivity contribution >= 4 is 11.8 Å². The maximum Gasteiger partial charge on any atom is 0.224 e. The fraction of sp³-hybridized carbons (Fsp3) is 0.714. The number of carbonyl (C=O) groups is 2. The quantitative estimate of drug-likeness (QED) is 0.512. The van der Waals surface area contributed by atoms with Crippen molar-refractivity contribution in [3.8, 4) is 0 Å². The first-order chi connectivity index (χ1) is 15.5. The molecule has 3 rings (SSSR count). The fourth-order valence-corrected chi connectivity index (χ4v) is 6.63. The average molecular weight is 471 g/mol. The molecule has 6 heteroatoms. The second-order valence-electron chi connectivity index (χ2n) is 13.3. The van der Waals surface area contributed by atoms with E-state index < -0.39 is 0 Å². The van der Waals surface area contributed by atoms with Gasteiger partial charge in [0.15, 0.2) is 0 Å². The lowest BCUT2D eigenvalue weighted by Gasteiger charge is -2.46. The monoisotopic (exact) mass is 470 g/mol. The van der Waals surface area contributed by atoms with Crippen molar-refractivity contribution < 1.29 is 9.59 Å². The number of nitrogens with one attached hydrogen (secondary N) is 4. The van der Waals surface area contributed by atoms with E-state index in [0.717, 1.165) is 36.8 Å². The molecular weight excluding hydrogens is 424 g/mol. The number of rotatable bonds is 6. The Bertz CT molecular complexity index is 802. The van der Waals surface area contributed by atoms with E-state index in [-0.39, 0.29) is 46.1 Å². The SMILES string of the molecule is CC1(C)CC(NC(=O)Cc2cccc(CC(=O)NC3CC(C)(C)NC(C)(C)C3)c2)CC(C)(C)N1. The van der Waals surface area contributed by atoms with Gasteiger partial charge >= 0.3 is 0 Å². The first kappa shape index (κ1) is 26.7. The molecule has 0 atom stereocenters. The van der Waals surface area contributed by atoms with Gasteiger partial charge in [0, 0.05) is 34.2 Å². The molecule has 2 fully saturated rings. The van der Waals surface area contributed by atoms with Crippen LogP contribution in [0.3, 0.4) is 0 Å². The van der Waals surface area contributed by atoms with Gasteiger partial charge in [-0.1, -0.05) is 24.3 Å². The Hall–Kier alpha value is -1.92. The first-order valence-corrected chi connectivity index (χ1v) is 12.8. The van der Waals surface area contributed by atoms with Crippen LogP contribution in [0.15, 0.2) is 24.3 Å². The molecule has 0 spiro atoms. The molecule has 0 unspecified atom stereocenters. The Morgan fingerprint density at radius 2 is 1.03 bits per heavy atom. The van der Waals surface area contributed by atoms with Gasteiger partial charge in [0.05, 0.1) is 12.8 Å². The number of carbonyl (C=O) groups excluding carboxylic acids is 2. The van der Waals surface area contributed by atoms with Gasteiger partial charge in [-0.05, 0) is 92.2 Å². The lowest BCUT2D eigenvalue weighted by Crippen LogP contribution is -2.62. The molecule has 0 aromatic heterocycles. The van der Waals surface area contributed by atoms with Crippen molar-refractivity contribution in [3.63, 3.8) is 0 Å². The zero-order valence-corrected chi connectivity index (χ0v) is 22.5. The van der Waals surface area contributed by atoms with Crippen molar-refractivity contribution in [3.05, 3.63) is 35.4 Å². The van der Waals surface area contributed by atoms with E-state index in [1.807, 2.05) is 24.3 Å². The number of amides is 2. The van der Waals surface area contributed by atoms with E-state index in [1.165, 1.54) is 0 Å². The molecule has 0 bridgehead atoms. The maximum absolute atomic E-state index is 12.8. The van der Waals surface area contributed by atoms with Crippen LogP contribution in [0.2, 0.25) is 0 Å². The second-order valence-corrected chi connectivity index (χ2v) is 13.3. The predicted octanol–water partition coefficient (Wildman–Crippen LogP) is 3.62. The molecule has 2 aliphatic rings. The molecule has 0 radical (unpaired) electrons. The summed E-state index contributed by atoms with van der Waals surface area (Å²) >= 11 is 0. The van der Waals surface area contributed by atoms with Gasteiger partial charge in [-0.2, -0.15) is 0 Å². The van der Waals surface area contributed by atoms with Crippen LogP contribution in [0.5, 0.6) is 0 Å². The van der Waals surface area contributed by atoms with Crippen LogP contribution in [0.25, 0.3) is 0 Å². The molecule has 1 aromatic rings. The minimum atomic E-state index is -0.00814. The Labute approximate surface area is 206 Å². The van der Waals surface area contributed by atoms with Crippen LogP contribution in [0.1, 0.15) is 92.2 Å². The molecule has 4 N–H and O–H groups in total. The fourth-order valence-electron chi connectivity index (χ4n) is 6.63. The van der Waals surface area contributed by atoms with E-state index in [2.05, 4.69) is 76.7 Å². The predicted molar refractivity (Wildman–Crippen MR) is 139 cm³/mol. The van der Waals surface area contributed by atoms with Gasteiger partial charge in [-0.3, -0.25) is 9.59 Å². The second kappa shape index (κ2) is 9.62. The topological polar surface area (TPSA) is 82.3 Å². The maximum atomic E-state index is 12.8. The van der Waals surface area contributed by atoms with E-state index in [0.29, 0.717) is 12.8 Å². The van der Waals surface area contributed by atoms with Gasteiger partial charge < -0.3 is 21.3 Å². The van der Waals surface area contributed by atoms with E-state index in [4.69, 9.17) is 0 Å². The minimum absolute atomic E-state index is 0.00814. The Balaban J connectivity index is 1.54. The molecule has 34 heavy (non-hydrogen) atoms. The highest BCUT2D eigenvalue weighted by molar-refractivity contribution is 5.80. The lowest BCUT2D eigenvalue weighted by atomic mass is 9.79. The van der Waals surface area contributed by atoms with Crippen molar-refractivity contribution in [2.24, 2.45) is 0 Å². The molecule has 2 heterocycles. The standard InChI is InChI=1S/C28H46N4O2/c1-25(2)15-21(16-26(3,4)31-25)29-23(33)13-19-10-9-11-20(12-19)14-24(34)30-22-17-27(5,6)32-28(7,8)18-22/h9-12,21-22,31-32H,13-18H2,1-8H3,(H,29,33)(H,30,34). The highest BCUT2D eigenvalue weighted by Crippen LogP contribution is 2.29. The van der Waals surface area contributed by atoms with Crippen LogP contribution in [0.4, 0.5) is 0 Å². The highest BCUT2D eigenvalue weighted by Gasteiger charge is 2.39. The molecule has 2 amide bonds. The summed E-state index contributed by atoms with van der Waals surface area (Å²) in [6.07, 6.45) is 4.30. The van der Waals surface area contributed by atoms with Crippen molar-refractivity contribution in [1.29, 1.82) is 0 Å². The summed E-state index contributed by atoms with van der Waals surface area (Å²) in [7, 11) is 0. The summed E-state index contributed by atoms with van der Waals surface area (Å²) in [5, 5.41) is 13.8. The third kappa shape index (κ3) is 8.09. The van der Waals surface area contributed by atoms with Crippen molar-refractivity contribution in [2.45, 2.75) is 128 Å². The molecule has 2 saturated heterocycles. The van der Waals surface area contributed by atoms with Crippen LogP contribution in [-0.4, -0.2) is 46.1 Å². The third-order valence-electron chi connectivity index (χ3n) is 6.83. The van der Waals surface area contributed by atoms with E-state index >= 15 is 0 Å². The minimum Gasteiger partial charge on any atom is -0.353 e. The molecular formula is C28H46N4O2.